The van der Waals surface area contributed by atoms with E-state index in [2.05, 4.69) is 0 Å². The highest BCUT2D eigenvalue weighted by molar-refractivity contribution is 7.90. The molecule has 0 aliphatic carbocycles. The van der Waals surface area contributed by atoms with Crippen molar-refractivity contribution < 1.29 is 26.7 Å². The maximum Gasteiger partial charge on any atom is 0.318 e. The predicted molar refractivity (Wildman–Crippen MR) is 62.4 cm³/mol. The number of sulfone groups is 1. The molecule has 0 radical (unpaired) electrons. The number of nitrogens with one attached hydrogen (secondary N) is 1. The van der Waals surface area contributed by atoms with E-state index in [0.717, 1.165) is 30.5 Å². The van der Waals surface area contributed by atoms with Gasteiger partial charge in [-0.2, -0.15) is 4.72 Å². The third-order valence-electron chi connectivity index (χ3n) is 1.98. The number of hydrogen-bond acceptors (Lipinski definition) is 5. The molecule has 1 rings (SSSR count). The maximum atomic E-state index is 11.6. The van der Waals surface area contributed by atoms with Gasteiger partial charge in [-0.3, -0.25) is 4.79 Å². The second kappa shape index (κ2) is 5.04. The first-order chi connectivity index (χ1) is 8.13. The first-order valence-corrected chi connectivity index (χ1v) is 8.02. The van der Waals surface area contributed by atoms with E-state index < -0.39 is 32.4 Å². The van der Waals surface area contributed by atoms with Gasteiger partial charge in [-0.05, 0) is 24.3 Å². The summed E-state index contributed by atoms with van der Waals surface area (Å²) in [5, 5.41) is 8.37. The fourth-order valence-corrected chi connectivity index (χ4v) is 2.71. The Bertz CT molecular complexity index is 645. The number of carboxylic acids is 1. The topological polar surface area (TPSA) is 118 Å². The van der Waals surface area contributed by atoms with Gasteiger partial charge < -0.3 is 5.11 Å². The molecule has 0 spiro atoms. The van der Waals surface area contributed by atoms with Crippen LogP contribution in [0.2, 0.25) is 0 Å². The molecule has 0 fully saturated rings. The number of aliphatic carboxylic acids is 1. The third kappa shape index (κ3) is 3.79. The lowest BCUT2D eigenvalue weighted by Crippen LogP contribution is -2.29. The standard InChI is InChI=1S/C9H11NO6S2/c1-17(13,14)7-2-4-8(5-3-7)18(15,16)10-6-9(11)12/h2-5,10H,6H2,1H3,(H,11,12). The third-order valence-corrected chi connectivity index (χ3v) is 4.52. The lowest BCUT2D eigenvalue weighted by Gasteiger charge is -2.05. The summed E-state index contributed by atoms with van der Waals surface area (Å²) in [6.45, 7) is -0.740. The molecule has 0 atom stereocenters. The van der Waals surface area contributed by atoms with Gasteiger partial charge in [0.15, 0.2) is 9.84 Å². The molecule has 0 heterocycles. The molecular formula is C9H11NO6S2. The van der Waals surface area contributed by atoms with Crippen molar-refractivity contribution in [2.24, 2.45) is 0 Å². The van der Waals surface area contributed by atoms with Crippen molar-refractivity contribution in [2.45, 2.75) is 9.79 Å². The first kappa shape index (κ1) is 14.6. The zero-order valence-corrected chi connectivity index (χ0v) is 11.0. The largest absolute Gasteiger partial charge is 0.480 e. The van der Waals surface area contributed by atoms with Gasteiger partial charge in [0.05, 0.1) is 9.79 Å². The van der Waals surface area contributed by atoms with Crippen molar-refractivity contribution >= 4 is 25.8 Å². The second-order valence-electron chi connectivity index (χ2n) is 3.46. The van der Waals surface area contributed by atoms with Gasteiger partial charge >= 0.3 is 5.97 Å². The fraction of sp³-hybridized carbons (Fsp3) is 0.222. The van der Waals surface area contributed by atoms with Crippen LogP contribution in [0, 0.1) is 0 Å². The van der Waals surface area contributed by atoms with Crippen molar-refractivity contribution in [2.75, 3.05) is 12.8 Å². The second-order valence-corrected chi connectivity index (χ2v) is 7.24. The van der Waals surface area contributed by atoms with E-state index in [1.165, 1.54) is 0 Å². The molecule has 1 aromatic carbocycles. The normalized spacial score (nSPS) is 12.3. The Morgan fingerprint density at radius 2 is 1.56 bits per heavy atom. The number of benzene rings is 1. The minimum Gasteiger partial charge on any atom is -0.480 e. The molecule has 18 heavy (non-hydrogen) atoms. The van der Waals surface area contributed by atoms with Gasteiger partial charge in [-0.25, -0.2) is 16.8 Å². The van der Waals surface area contributed by atoms with Crippen molar-refractivity contribution in [3.63, 3.8) is 0 Å². The van der Waals surface area contributed by atoms with Crippen molar-refractivity contribution in [1.82, 2.24) is 4.72 Å². The highest BCUT2D eigenvalue weighted by Crippen LogP contribution is 2.13. The molecule has 1 aromatic rings. The van der Waals surface area contributed by atoms with E-state index in [1.54, 1.807) is 0 Å². The fourth-order valence-electron chi connectivity index (χ4n) is 1.11. The molecule has 0 unspecified atom stereocenters. The smallest absolute Gasteiger partial charge is 0.318 e. The molecule has 0 saturated heterocycles. The average molecular weight is 293 g/mol. The highest BCUT2D eigenvalue weighted by atomic mass is 32.2. The highest BCUT2D eigenvalue weighted by Gasteiger charge is 2.16. The summed E-state index contributed by atoms with van der Waals surface area (Å²) in [5.74, 6) is -1.31. The number of carboxylic acid groups (broad SMARTS) is 1. The van der Waals surface area contributed by atoms with E-state index in [4.69, 9.17) is 5.11 Å². The number of rotatable bonds is 5. The summed E-state index contributed by atoms with van der Waals surface area (Å²) in [5.41, 5.74) is 0. The van der Waals surface area contributed by atoms with E-state index in [-0.39, 0.29) is 9.79 Å². The molecule has 0 aliphatic heterocycles. The Hall–Kier alpha value is -1.45. The molecule has 0 saturated carbocycles. The summed E-state index contributed by atoms with van der Waals surface area (Å²) < 4.78 is 47.3. The molecule has 0 amide bonds. The van der Waals surface area contributed by atoms with Gasteiger partial charge in [0.25, 0.3) is 0 Å². The Labute approximate surface area is 104 Å². The Morgan fingerprint density at radius 1 is 1.11 bits per heavy atom. The molecule has 0 aliphatic rings. The minimum atomic E-state index is -3.94. The zero-order valence-electron chi connectivity index (χ0n) is 9.32. The molecule has 100 valence electrons. The van der Waals surface area contributed by atoms with Crippen LogP contribution in [0.1, 0.15) is 0 Å². The van der Waals surface area contributed by atoms with Crippen LogP contribution >= 0.6 is 0 Å². The SMILES string of the molecule is CS(=O)(=O)c1ccc(S(=O)(=O)NCC(=O)O)cc1. The van der Waals surface area contributed by atoms with E-state index >= 15 is 0 Å². The van der Waals surface area contributed by atoms with Gasteiger partial charge in [-0.15, -0.1) is 0 Å². The summed E-state index contributed by atoms with van der Waals surface area (Å²) >= 11 is 0. The quantitative estimate of drug-likeness (QED) is 0.752. The number of hydrogen-bond donors (Lipinski definition) is 2. The molecule has 9 heteroatoms. The van der Waals surface area contributed by atoms with Gasteiger partial charge in [-0.1, -0.05) is 0 Å². The van der Waals surface area contributed by atoms with E-state index in [1.807, 2.05) is 4.72 Å². The Balaban J connectivity index is 3.02. The Kier molecular flexibility index (Phi) is 4.09. The molecule has 0 aromatic heterocycles. The molecular weight excluding hydrogens is 282 g/mol. The van der Waals surface area contributed by atoms with Gasteiger partial charge in [0, 0.05) is 6.26 Å². The zero-order chi connectivity index (χ0) is 14.0. The summed E-state index contributed by atoms with van der Waals surface area (Å²) in [6, 6.07) is 4.48. The predicted octanol–water partition coefficient (Wildman–Crippen LogP) is -0.547. The van der Waals surface area contributed by atoms with Crippen molar-refractivity contribution in [3.05, 3.63) is 24.3 Å². The van der Waals surface area contributed by atoms with Crippen LogP contribution in [0.25, 0.3) is 0 Å². The summed E-state index contributed by atoms with van der Waals surface area (Å²) in [7, 11) is -7.34. The minimum absolute atomic E-state index is 0.0142. The first-order valence-electron chi connectivity index (χ1n) is 4.64. The van der Waals surface area contributed by atoms with Crippen LogP contribution < -0.4 is 4.72 Å². The molecule has 7 nitrogen and oxygen atoms in total. The average Bonchev–Trinajstić information content (AvgIpc) is 2.26. The van der Waals surface area contributed by atoms with Crippen LogP contribution in [0.3, 0.4) is 0 Å². The van der Waals surface area contributed by atoms with Gasteiger partial charge in [0.1, 0.15) is 6.54 Å². The summed E-state index contributed by atoms with van der Waals surface area (Å²) in [4.78, 5) is 10.0. The van der Waals surface area contributed by atoms with E-state index in [0.29, 0.717) is 0 Å². The number of sulfonamides is 1. The van der Waals surface area contributed by atoms with Crippen LogP contribution in [0.5, 0.6) is 0 Å². The lowest BCUT2D eigenvalue weighted by molar-refractivity contribution is -0.135. The number of carbonyl (C=O) groups is 1. The van der Waals surface area contributed by atoms with Crippen LogP contribution in [0.4, 0.5) is 0 Å². The van der Waals surface area contributed by atoms with Crippen LogP contribution in [-0.2, 0) is 24.7 Å². The van der Waals surface area contributed by atoms with E-state index in [9.17, 15) is 21.6 Å². The molecule has 0 bridgehead atoms. The Morgan fingerprint density at radius 3 is 1.94 bits per heavy atom. The van der Waals surface area contributed by atoms with Crippen LogP contribution in [-0.4, -0.2) is 40.7 Å². The lowest BCUT2D eigenvalue weighted by atomic mass is 10.4. The monoisotopic (exact) mass is 293 g/mol. The van der Waals surface area contributed by atoms with Crippen LogP contribution in [0.15, 0.2) is 34.1 Å². The van der Waals surface area contributed by atoms with Gasteiger partial charge in [0.2, 0.25) is 10.0 Å². The summed E-state index contributed by atoms with van der Waals surface area (Å²) in [6.07, 6.45) is 0.999. The molecule has 2 N–H and O–H groups in total. The van der Waals surface area contributed by atoms with Crippen molar-refractivity contribution in [1.29, 1.82) is 0 Å². The maximum absolute atomic E-state index is 11.6. The van der Waals surface area contributed by atoms with Crippen molar-refractivity contribution in [3.8, 4) is 0 Å².